The Labute approximate surface area is 117 Å². The molecule has 1 aromatic rings. The van der Waals surface area contributed by atoms with E-state index in [-0.39, 0.29) is 17.6 Å². The molecule has 2 atom stereocenters. The third kappa shape index (κ3) is 3.95. The van der Waals surface area contributed by atoms with Gasteiger partial charge in [0.1, 0.15) is 5.75 Å². The third-order valence-electron chi connectivity index (χ3n) is 3.36. The minimum Gasteiger partial charge on any atom is -0.497 e. The summed E-state index contributed by atoms with van der Waals surface area (Å²) in [5.41, 5.74) is 8.70. The van der Waals surface area contributed by atoms with Crippen LogP contribution >= 0.6 is 0 Å². The second-order valence-electron chi connectivity index (χ2n) is 5.99. The van der Waals surface area contributed by atoms with Gasteiger partial charge in [-0.1, -0.05) is 26.8 Å². The van der Waals surface area contributed by atoms with Gasteiger partial charge in [-0.2, -0.15) is 0 Å². The van der Waals surface area contributed by atoms with Crippen LogP contribution in [0.3, 0.4) is 0 Å². The van der Waals surface area contributed by atoms with Crippen molar-refractivity contribution in [2.24, 2.45) is 11.1 Å². The number of ether oxygens (including phenoxy) is 2. The molecule has 0 radical (unpaired) electrons. The Balaban J connectivity index is 3.06. The number of rotatable bonds is 5. The van der Waals surface area contributed by atoms with Gasteiger partial charge >= 0.3 is 0 Å². The highest BCUT2D eigenvalue weighted by Gasteiger charge is 2.32. The second-order valence-corrected chi connectivity index (χ2v) is 5.99. The first-order valence-electron chi connectivity index (χ1n) is 6.83. The monoisotopic (exact) mass is 265 g/mol. The minimum absolute atomic E-state index is 0.00178. The maximum atomic E-state index is 6.44. The van der Waals surface area contributed by atoms with Crippen LogP contribution in [-0.2, 0) is 4.74 Å². The molecule has 0 spiro atoms. The summed E-state index contributed by atoms with van der Waals surface area (Å²) >= 11 is 0. The van der Waals surface area contributed by atoms with Crippen molar-refractivity contribution in [3.63, 3.8) is 0 Å². The number of hydrogen-bond donors (Lipinski definition) is 1. The Kier molecular flexibility index (Phi) is 5.39. The summed E-state index contributed by atoms with van der Waals surface area (Å²) in [5, 5.41) is 0. The Morgan fingerprint density at radius 2 is 1.89 bits per heavy atom. The molecule has 0 aliphatic heterocycles. The maximum Gasteiger partial charge on any atom is 0.119 e. The molecule has 3 heteroatoms. The van der Waals surface area contributed by atoms with Crippen LogP contribution in [0.1, 0.15) is 44.9 Å². The van der Waals surface area contributed by atoms with Gasteiger partial charge in [-0.15, -0.1) is 0 Å². The molecule has 1 rings (SSSR count). The van der Waals surface area contributed by atoms with E-state index >= 15 is 0 Å². The average Bonchev–Trinajstić information content (AvgIpc) is 2.33. The quantitative estimate of drug-likeness (QED) is 0.886. The van der Waals surface area contributed by atoms with Crippen LogP contribution in [0.5, 0.6) is 5.75 Å². The predicted octanol–water partition coefficient (Wildman–Crippen LogP) is 3.45. The first-order valence-corrected chi connectivity index (χ1v) is 6.83. The molecule has 3 nitrogen and oxygen atoms in total. The van der Waals surface area contributed by atoms with E-state index in [1.807, 2.05) is 25.1 Å². The summed E-state index contributed by atoms with van der Waals surface area (Å²) < 4.78 is 11.1. The van der Waals surface area contributed by atoms with E-state index in [0.717, 1.165) is 16.9 Å². The Bertz CT molecular complexity index is 410. The first-order chi connectivity index (χ1) is 8.81. The molecule has 0 bridgehead atoms. The molecule has 2 unspecified atom stereocenters. The van der Waals surface area contributed by atoms with Crippen molar-refractivity contribution in [2.45, 2.75) is 46.8 Å². The zero-order chi connectivity index (χ0) is 14.6. The van der Waals surface area contributed by atoms with Gasteiger partial charge in [-0.25, -0.2) is 0 Å². The van der Waals surface area contributed by atoms with Gasteiger partial charge < -0.3 is 15.2 Å². The minimum atomic E-state index is -0.133. The lowest BCUT2D eigenvalue weighted by molar-refractivity contribution is -0.0284. The van der Waals surface area contributed by atoms with E-state index in [4.69, 9.17) is 15.2 Å². The molecule has 0 fully saturated rings. The molecule has 0 amide bonds. The maximum absolute atomic E-state index is 6.44. The van der Waals surface area contributed by atoms with Crippen molar-refractivity contribution in [1.29, 1.82) is 0 Å². The van der Waals surface area contributed by atoms with Gasteiger partial charge in [0.25, 0.3) is 0 Å². The fraction of sp³-hybridized carbons (Fsp3) is 0.625. The van der Waals surface area contributed by atoms with Gasteiger partial charge in [-0.3, -0.25) is 0 Å². The normalized spacial score (nSPS) is 15.1. The molecule has 2 N–H and O–H groups in total. The van der Waals surface area contributed by atoms with Crippen LogP contribution in [0.25, 0.3) is 0 Å². The van der Waals surface area contributed by atoms with Crippen LogP contribution in [0.4, 0.5) is 0 Å². The summed E-state index contributed by atoms with van der Waals surface area (Å²) in [7, 11) is 1.67. The van der Waals surface area contributed by atoms with Crippen molar-refractivity contribution in [3.8, 4) is 5.75 Å². The fourth-order valence-corrected chi connectivity index (χ4v) is 2.38. The Hall–Kier alpha value is -1.06. The molecule has 0 aromatic heterocycles. The zero-order valence-corrected chi connectivity index (χ0v) is 13.0. The molecular formula is C16H27NO2. The van der Waals surface area contributed by atoms with Crippen LogP contribution in [0, 0.1) is 12.3 Å². The van der Waals surface area contributed by atoms with Crippen LogP contribution in [-0.4, -0.2) is 19.8 Å². The van der Waals surface area contributed by atoms with Crippen LogP contribution in [0.2, 0.25) is 0 Å². The standard InChI is InChI=1S/C16H27NO2/c1-7-19-15(16(3,4)5)14(17)13-9-8-12(18-6)10-11(13)2/h8-10,14-15H,7,17H2,1-6H3. The van der Waals surface area contributed by atoms with Gasteiger partial charge in [0.2, 0.25) is 0 Å². The highest BCUT2D eigenvalue weighted by molar-refractivity contribution is 5.37. The van der Waals surface area contributed by atoms with E-state index < -0.39 is 0 Å². The van der Waals surface area contributed by atoms with Crippen molar-refractivity contribution in [2.75, 3.05) is 13.7 Å². The molecule has 1 aromatic carbocycles. The second kappa shape index (κ2) is 6.40. The van der Waals surface area contributed by atoms with Gasteiger partial charge in [-0.05, 0) is 42.5 Å². The Morgan fingerprint density at radius 3 is 2.32 bits per heavy atom. The molecule has 0 aliphatic rings. The summed E-state index contributed by atoms with van der Waals surface area (Å²) in [4.78, 5) is 0. The molecule has 0 saturated carbocycles. The van der Waals surface area contributed by atoms with Crippen molar-refractivity contribution >= 4 is 0 Å². The zero-order valence-electron chi connectivity index (χ0n) is 13.0. The molecule has 0 aliphatic carbocycles. The first kappa shape index (κ1) is 16.0. The van der Waals surface area contributed by atoms with Gasteiger partial charge in [0.15, 0.2) is 0 Å². The molecule has 19 heavy (non-hydrogen) atoms. The molecule has 0 saturated heterocycles. The lowest BCUT2D eigenvalue weighted by atomic mass is 9.81. The lowest BCUT2D eigenvalue weighted by Crippen LogP contribution is -2.39. The third-order valence-corrected chi connectivity index (χ3v) is 3.36. The summed E-state index contributed by atoms with van der Waals surface area (Å²) in [6.07, 6.45) is -0.00963. The van der Waals surface area contributed by atoms with Crippen molar-refractivity contribution < 1.29 is 9.47 Å². The largest absolute Gasteiger partial charge is 0.497 e. The molecular weight excluding hydrogens is 238 g/mol. The van der Waals surface area contributed by atoms with Crippen molar-refractivity contribution in [3.05, 3.63) is 29.3 Å². The number of nitrogens with two attached hydrogens (primary N) is 1. The van der Waals surface area contributed by atoms with E-state index in [1.165, 1.54) is 0 Å². The van der Waals surface area contributed by atoms with E-state index in [2.05, 4.69) is 27.7 Å². The average molecular weight is 265 g/mol. The SMILES string of the molecule is CCOC(C(N)c1ccc(OC)cc1C)C(C)(C)C. The Morgan fingerprint density at radius 1 is 1.26 bits per heavy atom. The fourth-order valence-electron chi connectivity index (χ4n) is 2.38. The number of methoxy groups -OCH3 is 1. The smallest absolute Gasteiger partial charge is 0.119 e. The number of hydrogen-bond acceptors (Lipinski definition) is 3. The van der Waals surface area contributed by atoms with E-state index in [9.17, 15) is 0 Å². The van der Waals surface area contributed by atoms with E-state index in [0.29, 0.717) is 6.61 Å². The highest BCUT2D eigenvalue weighted by Crippen LogP contribution is 2.33. The number of benzene rings is 1. The van der Waals surface area contributed by atoms with Crippen LogP contribution in [0.15, 0.2) is 18.2 Å². The number of aryl methyl sites for hydroxylation is 1. The molecule has 108 valence electrons. The lowest BCUT2D eigenvalue weighted by Gasteiger charge is -2.35. The highest BCUT2D eigenvalue weighted by atomic mass is 16.5. The summed E-state index contributed by atoms with van der Waals surface area (Å²) in [6, 6.07) is 5.87. The topological polar surface area (TPSA) is 44.5 Å². The van der Waals surface area contributed by atoms with Crippen molar-refractivity contribution in [1.82, 2.24) is 0 Å². The predicted molar refractivity (Wildman–Crippen MR) is 79.5 cm³/mol. The summed E-state index contributed by atoms with van der Waals surface area (Å²) in [6.45, 7) is 11.2. The summed E-state index contributed by atoms with van der Waals surface area (Å²) in [5.74, 6) is 0.858. The van der Waals surface area contributed by atoms with Gasteiger partial charge in [0, 0.05) is 6.61 Å². The van der Waals surface area contributed by atoms with Gasteiger partial charge in [0.05, 0.1) is 19.3 Å². The van der Waals surface area contributed by atoms with E-state index in [1.54, 1.807) is 7.11 Å². The molecule has 0 heterocycles. The van der Waals surface area contributed by atoms with Crippen LogP contribution < -0.4 is 10.5 Å².